The van der Waals surface area contributed by atoms with Crippen LogP contribution in [-0.2, 0) is 10.8 Å². The first-order valence-corrected chi connectivity index (χ1v) is 22.4. The lowest BCUT2D eigenvalue weighted by Gasteiger charge is -2.61. The molecule has 1 heteroatoms. The highest BCUT2D eigenvalue weighted by atomic mass is 15.1. The van der Waals surface area contributed by atoms with Gasteiger partial charge in [-0.05, 0) is 158 Å². The highest BCUT2D eigenvalue weighted by Crippen LogP contribution is 2.71. The van der Waals surface area contributed by atoms with E-state index in [1.165, 1.54) is 116 Å². The first-order valence-electron chi connectivity index (χ1n) is 22.4. The van der Waals surface area contributed by atoms with Crippen LogP contribution in [0, 0.1) is 23.7 Å². The molecule has 6 aliphatic rings. The minimum atomic E-state index is -0.106. The maximum Gasteiger partial charge on any atom is 0.0540 e. The van der Waals surface area contributed by atoms with E-state index in [9.17, 15) is 0 Å². The van der Waals surface area contributed by atoms with Crippen molar-refractivity contribution in [2.24, 2.45) is 23.7 Å². The minimum Gasteiger partial charge on any atom is -0.310 e. The zero-order chi connectivity index (χ0) is 39.7. The monoisotopic (exact) mass is 771 g/mol. The normalized spacial score (nSPS) is 23.4. The Labute approximate surface area is 354 Å². The molecule has 4 saturated carbocycles. The number of hydrogen-bond donors (Lipinski definition) is 0. The summed E-state index contributed by atoms with van der Waals surface area (Å²) in [6, 6.07) is 67.1. The fraction of sp³-hybridized carbons (Fsp3) is 0.220. The quantitative estimate of drug-likeness (QED) is 0.168. The summed E-state index contributed by atoms with van der Waals surface area (Å²) in [5, 5.41) is 2.85. The van der Waals surface area contributed by atoms with E-state index < -0.39 is 0 Å². The van der Waals surface area contributed by atoms with E-state index >= 15 is 0 Å². The second-order valence-electron chi connectivity index (χ2n) is 19.3. The molecular formula is C59H49N. The predicted octanol–water partition coefficient (Wildman–Crippen LogP) is 15.7. The van der Waals surface area contributed by atoms with Crippen LogP contribution in [0.3, 0.4) is 0 Å². The molecule has 0 radical (unpaired) electrons. The Morgan fingerprint density at radius 3 is 1.77 bits per heavy atom. The van der Waals surface area contributed by atoms with Crippen LogP contribution in [0.5, 0.6) is 0 Å². The van der Waals surface area contributed by atoms with Gasteiger partial charge in [-0.25, -0.2) is 0 Å². The second kappa shape index (κ2) is 12.7. The van der Waals surface area contributed by atoms with Crippen molar-refractivity contribution >= 4 is 27.8 Å². The van der Waals surface area contributed by atoms with Gasteiger partial charge in [-0.15, -0.1) is 0 Å². The number of rotatable bonds is 5. The Morgan fingerprint density at radius 1 is 0.417 bits per heavy atom. The molecule has 1 nitrogen and oxygen atoms in total. The van der Waals surface area contributed by atoms with Crippen molar-refractivity contribution in [1.82, 2.24) is 0 Å². The maximum atomic E-state index is 2.56. The van der Waals surface area contributed by atoms with Crippen LogP contribution in [0.2, 0.25) is 0 Å². The van der Waals surface area contributed by atoms with E-state index in [4.69, 9.17) is 0 Å². The number of hydrogen-bond acceptors (Lipinski definition) is 1. The van der Waals surface area contributed by atoms with Crippen LogP contribution in [0.1, 0.15) is 68.2 Å². The van der Waals surface area contributed by atoms with Crippen molar-refractivity contribution in [3.63, 3.8) is 0 Å². The molecule has 4 fully saturated rings. The molecule has 0 aromatic heterocycles. The highest BCUT2D eigenvalue weighted by Gasteiger charge is 2.62. The number of anilines is 3. The van der Waals surface area contributed by atoms with Crippen molar-refractivity contribution in [3.05, 3.63) is 198 Å². The Balaban J connectivity index is 1.05. The highest BCUT2D eigenvalue weighted by molar-refractivity contribution is 6.02. The summed E-state index contributed by atoms with van der Waals surface area (Å²) in [4.78, 5) is 2.56. The van der Waals surface area contributed by atoms with Crippen molar-refractivity contribution in [3.8, 4) is 44.5 Å². The van der Waals surface area contributed by atoms with Crippen LogP contribution in [0.25, 0.3) is 55.3 Å². The topological polar surface area (TPSA) is 3.24 Å². The average molecular weight is 772 g/mol. The molecule has 0 aliphatic heterocycles. The molecule has 0 unspecified atom stereocenters. The lowest BCUT2D eigenvalue weighted by Crippen LogP contribution is -2.55. The predicted molar refractivity (Wildman–Crippen MR) is 250 cm³/mol. The molecule has 14 rings (SSSR count). The SMILES string of the molecule is CC1(C)c2ccccc2-c2ccc(N(c3ccc(-c4ccccc4)cc3)c3ccccc3-c3cccc4c3C3(c5c-4ccc4ccccc54)C4CC5CC(C4)CC3C5)cc21. The summed E-state index contributed by atoms with van der Waals surface area (Å²) in [7, 11) is 0. The van der Waals surface area contributed by atoms with Crippen LogP contribution in [0.4, 0.5) is 17.1 Å². The summed E-state index contributed by atoms with van der Waals surface area (Å²) in [6.45, 7) is 4.79. The van der Waals surface area contributed by atoms with E-state index in [0.717, 1.165) is 11.8 Å². The maximum absolute atomic E-state index is 2.56. The van der Waals surface area contributed by atoms with Gasteiger partial charge in [0, 0.05) is 27.8 Å². The number of nitrogens with zero attached hydrogens (tertiary/aromatic N) is 1. The lowest BCUT2D eigenvalue weighted by atomic mass is 9.42. The molecule has 8 aromatic rings. The molecular weight excluding hydrogens is 723 g/mol. The van der Waals surface area contributed by atoms with Gasteiger partial charge in [-0.2, -0.15) is 0 Å². The third-order valence-corrected chi connectivity index (χ3v) is 16.0. The third kappa shape index (κ3) is 4.70. The molecule has 60 heavy (non-hydrogen) atoms. The molecule has 0 saturated heterocycles. The molecule has 0 amide bonds. The first kappa shape index (κ1) is 34.7. The molecule has 0 atom stereocenters. The molecule has 0 heterocycles. The largest absolute Gasteiger partial charge is 0.310 e. The van der Waals surface area contributed by atoms with E-state index in [2.05, 4.69) is 195 Å². The van der Waals surface area contributed by atoms with E-state index in [1.54, 1.807) is 11.1 Å². The third-order valence-electron chi connectivity index (χ3n) is 16.0. The summed E-state index contributed by atoms with van der Waals surface area (Å²) < 4.78 is 0. The average Bonchev–Trinajstić information content (AvgIpc) is 3.72. The number of para-hydroxylation sites is 1. The van der Waals surface area contributed by atoms with Gasteiger partial charge in [0.15, 0.2) is 0 Å². The van der Waals surface area contributed by atoms with Gasteiger partial charge in [-0.1, -0.05) is 159 Å². The summed E-state index contributed by atoms with van der Waals surface area (Å²) >= 11 is 0. The Morgan fingerprint density at radius 2 is 0.983 bits per heavy atom. The zero-order valence-corrected chi connectivity index (χ0v) is 34.5. The van der Waals surface area contributed by atoms with Gasteiger partial charge in [0.1, 0.15) is 0 Å². The van der Waals surface area contributed by atoms with Crippen molar-refractivity contribution in [1.29, 1.82) is 0 Å². The molecule has 6 aliphatic carbocycles. The van der Waals surface area contributed by atoms with Gasteiger partial charge < -0.3 is 4.90 Å². The fourth-order valence-corrected chi connectivity index (χ4v) is 13.8. The minimum absolute atomic E-state index is 0.00812. The fourth-order valence-electron chi connectivity index (χ4n) is 13.8. The van der Waals surface area contributed by atoms with Gasteiger partial charge in [0.2, 0.25) is 0 Å². The van der Waals surface area contributed by atoms with Crippen molar-refractivity contribution < 1.29 is 0 Å². The van der Waals surface area contributed by atoms with E-state index in [0.29, 0.717) is 11.8 Å². The number of fused-ring (bicyclic) bond motifs is 8. The molecule has 8 aromatic carbocycles. The summed E-state index contributed by atoms with van der Waals surface area (Å²) in [5.41, 5.74) is 20.4. The zero-order valence-electron chi connectivity index (χ0n) is 34.5. The van der Waals surface area contributed by atoms with Crippen LogP contribution in [-0.4, -0.2) is 0 Å². The van der Waals surface area contributed by atoms with E-state index in [-0.39, 0.29) is 10.8 Å². The number of benzene rings is 8. The molecule has 1 spiro atoms. The summed E-state index contributed by atoms with van der Waals surface area (Å²) in [6.07, 6.45) is 6.89. The van der Waals surface area contributed by atoms with Gasteiger partial charge in [-0.3, -0.25) is 0 Å². The van der Waals surface area contributed by atoms with Crippen LogP contribution < -0.4 is 4.90 Å². The van der Waals surface area contributed by atoms with Gasteiger partial charge in [0.05, 0.1) is 5.69 Å². The van der Waals surface area contributed by atoms with Crippen LogP contribution >= 0.6 is 0 Å². The van der Waals surface area contributed by atoms with Crippen LogP contribution in [0.15, 0.2) is 176 Å². The van der Waals surface area contributed by atoms with Crippen molar-refractivity contribution in [2.75, 3.05) is 4.90 Å². The molecule has 0 N–H and O–H groups in total. The standard InChI is InChI=1S/C59H49N/c1-58(2)53-21-10-8-17-47(53)48-30-28-45(36-54(48)58)60(44-26-23-40(24-27-44)39-13-4-3-5-14-39)55-22-11-9-18-49(55)50-19-12-20-51-52-29-25-41-15-6-7-16-46(41)56(52)59(57(50)51)42-32-37-31-38(34-42)35-43(59)33-37/h3-30,36-38,42-43H,31-35H2,1-2H3. The Hall–Kier alpha value is -6.18. The first-order chi connectivity index (χ1) is 29.5. The van der Waals surface area contributed by atoms with Gasteiger partial charge >= 0.3 is 0 Å². The smallest absolute Gasteiger partial charge is 0.0540 e. The lowest BCUT2D eigenvalue weighted by molar-refractivity contribution is -0.0391. The summed E-state index contributed by atoms with van der Waals surface area (Å²) in [5.74, 6) is 3.08. The van der Waals surface area contributed by atoms with Crippen molar-refractivity contribution in [2.45, 2.75) is 56.8 Å². The van der Waals surface area contributed by atoms with Gasteiger partial charge in [0.25, 0.3) is 0 Å². The second-order valence-corrected chi connectivity index (χ2v) is 19.3. The van der Waals surface area contributed by atoms with E-state index in [1.807, 2.05) is 0 Å². The Kier molecular flexibility index (Phi) is 7.32. The molecule has 290 valence electrons. The molecule has 4 bridgehead atoms. The Bertz CT molecular complexity index is 2990.